The minimum Gasteiger partial charge on any atom is -0.493 e. The van der Waals surface area contributed by atoms with Gasteiger partial charge in [-0.15, -0.1) is 0 Å². The van der Waals surface area contributed by atoms with E-state index in [1.165, 1.54) is 11.1 Å². The van der Waals surface area contributed by atoms with E-state index in [4.69, 9.17) is 14.6 Å². The van der Waals surface area contributed by atoms with Crippen molar-refractivity contribution < 1.29 is 14.6 Å². The van der Waals surface area contributed by atoms with Crippen LogP contribution in [0.3, 0.4) is 0 Å². The molecule has 0 aromatic heterocycles. The second-order valence-electron chi connectivity index (χ2n) is 5.51. The van der Waals surface area contributed by atoms with Crippen LogP contribution in [-0.4, -0.2) is 25.9 Å². The molecule has 1 unspecified atom stereocenters. The minimum atomic E-state index is 0.0921. The third-order valence-electron chi connectivity index (χ3n) is 3.98. The maximum Gasteiger partial charge on any atom is 0.161 e. The predicted molar refractivity (Wildman–Crippen MR) is 92.0 cm³/mol. The fraction of sp³-hybridized carbons (Fsp3) is 0.368. The average molecular weight is 315 g/mol. The van der Waals surface area contributed by atoms with Crippen molar-refractivity contribution >= 4 is 0 Å². The lowest BCUT2D eigenvalue weighted by Gasteiger charge is -2.16. The highest BCUT2D eigenvalue weighted by Crippen LogP contribution is 2.29. The molecule has 23 heavy (non-hydrogen) atoms. The first-order valence-corrected chi connectivity index (χ1v) is 7.82. The van der Waals surface area contributed by atoms with Gasteiger partial charge in [-0.3, -0.25) is 0 Å². The first-order valence-electron chi connectivity index (χ1n) is 7.82. The van der Waals surface area contributed by atoms with Gasteiger partial charge in [0.1, 0.15) is 0 Å². The van der Waals surface area contributed by atoms with Gasteiger partial charge in [-0.05, 0) is 48.7 Å². The molecule has 0 fully saturated rings. The molecule has 2 rings (SSSR count). The summed E-state index contributed by atoms with van der Waals surface area (Å²) in [5.41, 5.74) is 3.37. The molecule has 2 aromatic carbocycles. The van der Waals surface area contributed by atoms with Gasteiger partial charge in [-0.25, -0.2) is 0 Å². The molecular weight excluding hydrogens is 290 g/mol. The van der Waals surface area contributed by atoms with E-state index in [0.717, 1.165) is 30.0 Å². The van der Waals surface area contributed by atoms with E-state index in [-0.39, 0.29) is 12.6 Å². The van der Waals surface area contributed by atoms with Crippen LogP contribution in [0.25, 0.3) is 0 Å². The van der Waals surface area contributed by atoms with Gasteiger partial charge in [-0.1, -0.05) is 30.3 Å². The quantitative estimate of drug-likeness (QED) is 0.786. The number of aliphatic hydroxyl groups excluding tert-OH is 1. The molecule has 0 saturated heterocycles. The molecule has 0 radical (unpaired) electrons. The van der Waals surface area contributed by atoms with Crippen LogP contribution in [-0.2, 0) is 13.0 Å². The van der Waals surface area contributed by atoms with Crippen molar-refractivity contribution in [2.24, 2.45) is 0 Å². The summed E-state index contributed by atoms with van der Waals surface area (Å²) < 4.78 is 10.6. The van der Waals surface area contributed by atoms with Crippen LogP contribution in [0.2, 0.25) is 0 Å². The third kappa shape index (κ3) is 4.71. The van der Waals surface area contributed by atoms with Crippen molar-refractivity contribution in [3.63, 3.8) is 0 Å². The lowest BCUT2D eigenvalue weighted by Crippen LogP contribution is -2.21. The summed E-state index contributed by atoms with van der Waals surface area (Å²) in [6, 6.07) is 14.3. The van der Waals surface area contributed by atoms with E-state index in [9.17, 15) is 0 Å². The Morgan fingerprint density at radius 3 is 2.22 bits per heavy atom. The Labute approximate surface area is 138 Å². The molecule has 0 aliphatic carbocycles. The topological polar surface area (TPSA) is 50.7 Å². The minimum absolute atomic E-state index is 0.0921. The summed E-state index contributed by atoms with van der Waals surface area (Å²) in [4.78, 5) is 0. The number of benzene rings is 2. The summed E-state index contributed by atoms with van der Waals surface area (Å²) in [5.74, 6) is 1.49. The highest BCUT2D eigenvalue weighted by molar-refractivity contribution is 5.43. The number of aliphatic hydroxyl groups is 1. The first kappa shape index (κ1) is 17.3. The normalized spacial score (nSPS) is 12.0. The summed E-state index contributed by atoms with van der Waals surface area (Å²) in [6.07, 6.45) is 0.948. The number of hydrogen-bond acceptors (Lipinski definition) is 4. The van der Waals surface area contributed by atoms with Crippen molar-refractivity contribution in [2.75, 3.05) is 20.8 Å². The summed E-state index contributed by atoms with van der Waals surface area (Å²) in [5, 5.41) is 12.6. The number of nitrogens with one attached hydrogen (secondary N) is 1. The third-order valence-corrected chi connectivity index (χ3v) is 3.98. The van der Waals surface area contributed by atoms with Gasteiger partial charge in [0.2, 0.25) is 0 Å². The molecule has 2 aromatic rings. The standard InChI is InChI=1S/C19H25NO3/c1-14(17-8-9-18(22-2)19(12-17)23-3)20-11-10-15-4-6-16(13-21)7-5-15/h4-9,12,14,20-21H,10-11,13H2,1-3H3. The highest BCUT2D eigenvalue weighted by Gasteiger charge is 2.09. The molecule has 0 aliphatic rings. The van der Waals surface area contributed by atoms with Crippen LogP contribution in [0.1, 0.15) is 29.7 Å². The zero-order chi connectivity index (χ0) is 16.7. The molecular formula is C19H25NO3. The number of methoxy groups -OCH3 is 2. The van der Waals surface area contributed by atoms with Crippen molar-refractivity contribution in [1.82, 2.24) is 5.32 Å². The smallest absolute Gasteiger partial charge is 0.161 e. The van der Waals surface area contributed by atoms with E-state index >= 15 is 0 Å². The van der Waals surface area contributed by atoms with Gasteiger partial charge in [-0.2, -0.15) is 0 Å². The largest absolute Gasteiger partial charge is 0.493 e. The fourth-order valence-corrected chi connectivity index (χ4v) is 2.48. The monoisotopic (exact) mass is 315 g/mol. The van der Waals surface area contributed by atoms with Gasteiger partial charge in [0.05, 0.1) is 20.8 Å². The molecule has 0 saturated carbocycles. The Bertz CT molecular complexity index is 611. The molecule has 1 atom stereocenters. The Hall–Kier alpha value is -2.04. The van der Waals surface area contributed by atoms with Crippen LogP contribution >= 0.6 is 0 Å². The Morgan fingerprint density at radius 1 is 0.957 bits per heavy atom. The van der Waals surface area contributed by atoms with Crippen LogP contribution in [0.5, 0.6) is 11.5 Å². The Morgan fingerprint density at radius 2 is 1.61 bits per heavy atom. The van der Waals surface area contributed by atoms with Gasteiger partial charge >= 0.3 is 0 Å². The molecule has 0 spiro atoms. The summed E-state index contributed by atoms with van der Waals surface area (Å²) >= 11 is 0. The van der Waals surface area contributed by atoms with Crippen molar-refractivity contribution in [3.8, 4) is 11.5 Å². The lowest BCUT2D eigenvalue weighted by molar-refractivity contribution is 0.282. The summed E-state index contributed by atoms with van der Waals surface area (Å²) in [6.45, 7) is 3.11. The SMILES string of the molecule is COc1ccc(C(C)NCCc2ccc(CO)cc2)cc1OC. The van der Waals surface area contributed by atoms with E-state index in [2.05, 4.69) is 30.4 Å². The van der Waals surface area contributed by atoms with E-state index < -0.39 is 0 Å². The second-order valence-corrected chi connectivity index (χ2v) is 5.51. The van der Waals surface area contributed by atoms with Crippen LogP contribution < -0.4 is 14.8 Å². The molecule has 4 nitrogen and oxygen atoms in total. The maximum absolute atomic E-state index is 9.05. The van der Waals surface area contributed by atoms with Gasteiger partial charge < -0.3 is 19.9 Å². The zero-order valence-electron chi connectivity index (χ0n) is 14.0. The van der Waals surface area contributed by atoms with E-state index in [0.29, 0.717) is 0 Å². The predicted octanol–water partition coefficient (Wildman–Crippen LogP) is 3.09. The molecule has 2 N–H and O–H groups in total. The van der Waals surface area contributed by atoms with Gasteiger partial charge in [0.15, 0.2) is 11.5 Å². The van der Waals surface area contributed by atoms with Crippen LogP contribution in [0.4, 0.5) is 0 Å². The van der Waals surface area contributed by atoms with E-state index in [1.54, 1.807) is 14.2 Å². The van der Waals surface area contributed by atoms with Gasteiger partial charge in [0.25, 0.3) is 0 Å². The number of rotatable bonds is 8. The van der Waals surface area contributed by atoms with E-state index in [1.807, 2.05) is 24.3 Å². The first-order chi connectivity index (χ1) is 11.2. The fourth-order valence-electron chi connectivity index (χ4n) is 2.48. The van der Waals surface area contributed by atoms with Crippen molar-refractivity contribution in [2.45, 2.75) is 26.0 Å². The number of ether oxygens (including phenoxy) is 2. The second kappa shape index (κ2) is 8.56. The molecule has 0 bridgehead atoms. The average Bonchev–Trinajstić information content (AvgIpc) is 2.61. The highest BCUT2D eigenvalue weighted by atomic mass is 16.5. The maximum atomic E-state index is 9.05. The molecule has 0 aliphatic heterocycles. The summed E-state index contributed by atoms with van der Waals surface area (Å²) in [7, 11) is 3.29. The van der Waals surface area contributed by atoms with Gasteiger partial charge in [0, 0.05) is 6.04 Å². The van der Waals surface area contributed by atoms with Crippen LogP contribution in [0, 0.1) is 0 Å². The Kier molecular flexibility index (Phi) is 6.44. The molecule has 4 heteroatoms. The number of hydrogen-bond donors (Lipinski definition) is 2. The van der Waals surface area contributed by atoms with Crippen LogP contribution in [0.15, 0.2) is 42.5 Å². The molecule has 0 amide bonds. The zero-order valence-corrected chi connectivity index (χ0v) is 14.0. The molecule has 0 heterocycles. The molecule has 124 valence electrons. The Balaban J connectivity index is 1.90. The van der Waals surface area contributed by atoms with Crippen molar-refractivity contribution in [3.05, 3.63) is 59.2 Å². The van der Waals surface area contributed by atoms with Crippen molar-refractivity contribution in [1.29, 1.82) is 0 Å². The lowest BCUT2D eigenvalue weighted by atomic mass is 10.1.